The molecule has 0 radical (unpaired) electrons. The number of esters is 1. The minimum absolute atomic E-state index is 0.873. The lowest BCUT2D eigenvalue weighted by Crippen LogP contribution is -2.62. The van der Waals surface area contributed by atoms with E-state index in [0.29, 0.717) is 0 Å². The maximum Gasteiger partial charge on any atom is 0.337 e. The van der Waals surface area contributed by atoms with Crippen LogP contribution in [0.4, 0.5) is 0 Å². The molecule has 0 saturated carbocycles. The van der Waals surface area contributed by atoms with E-state index in [0.717, 1.165) is 7.11 Å². The van der Waals surface area contributed by atoms with Crippen molar-refractivity contribution in [1.82, 2.24) is 0 Å². The van der Waals surface area contributed by atoms with E-state index in [2.05, 4.69) is 9.47 Å². The zero-order valence-electron chi connectivity index (χ0n) is 7.53. The molecule has 5 N–H and O–H groups in total. The van der Waals surface area contributed by atoms with Crippen LogP contribution >= 0.6 is 0 Å². The molecule has 0 spiro atoms. The molecule has 5 atom stereocenters. The predicted octanol–water partition coefficient (Wildman–Crippen LogP) is -3.07. The first-order valence-corrected chi connectivity index (χ1v) is 4.02. The van der Waals surface area contributed by atoms with Gasteiger partial charge >= 0.3 is 5.97 Å². The minimum Gasteiger partial charge on any atom is -0.467 e. The third kappa shape index (κ3) is 1.86. The van der Waals surface area contributed by atoms with E-state index in [1.807, 2.05) is 0 Å². The number of rotatable bonds is 1. The molecule has 1 heterocycles. The average Bonchev–Trinajstić information content (AvgIpc) is 2.19. The highest BCUT2D eigenvalue weighted by molar-refractivity contribution is 5.75. The lowest BCUT2D eigenvalue weighted by molar-refractivity contribution is -0.245. The number of carbonyl (C=O) groups excluding carboxylic acids is 1. The number of carbonyl (C=O) groups is 1. The van der Waals surface area contributed by atoms with Crippen molar-refractivity contribution >= 4 is 5.97 Å². The Balaban J connectivity index is 2.75. The van der Waals surface area contributed by atoms with E-state index >= 15 is 0 Å². The van der Waals surface area contributed by atoms with Gasteiger partial charge in [0, 0.05) is 0 Å². The topological polar surface area (TPSA) is 122 Å². The lowest BCUT2D eigenvalue weighted by Gasteiger charge is -2.37. The molecule has 7 nitrogen and oxygen atoms in total. The van der Waals surface area contributed by atoms with Gasteiger partial charge < -0.3 is 30.5 Å². The highest BCUT2D eigenvalue weighted by Gasteiger charge is 2.45. The fourth-order valence-electron chi connectivity index (χ4n) is 1.21. The van der Waals surface area contributed by atoms with Crippen LogP contribution in [0.2, 0.25) is 0 Å². The highest BCUT2D eigenvalue weighted by Crippen LogP contribution is 2.19. The molecule has 0 aromatic rings. The van der Waals surface area contributed by atoms with E-state index < -0.39 is 36.6 Å². The minimum atomic E-state index is -1.50. The molecule has 0 amide bonds. The average molecular weight is 207 g/mol. The quantitative estimate of drug-likeness (QED) is 0.336. The summed E-state index contributed by atoms with van der Waals surface area (Å²) in [6, 6.07) is -1.15. The maximum absolute atomic E-state index is 11.0. The third-order valence-corrected chi connectivity index (χ3v) is 2.10. The van der Waals surface area contributed by atoms with Crippen molar-refractivity contribution in [3.63, 3.8) is 0 Å². The summed E-state index contributed by atoms with van der Waals surface area (Å²) >= 11 is 0. The van der Waals surface area contributed by atoms with Gasteiger partial charge in [-0.3, -0.25) is 0 Å². The Morgan fingerprint density at radius 1 is 1.36 bits per heavy atom. The van der Waals surface area contributed by atoms with Crippen molar-refractivity contribution in [2.75, 3.05) is 7.11 Å². The molecule has 1 unspecified atom stereocenters. The van der Waals surface area contributed by atoms with Crippen LogP contribution < -0.4 is 5.73 Å². The van der Waals surface area contributed by atoms with Gasteiger partial charge in [-0.05, 0) is 0 Å². The largest absolute Gasteiger partial charge is 0.467 e. The van der Waals surface area contributed by atoms with Gasteiger partial charge in [-0.2, -0.15) is 0 Å². The van der Waals surface area contributed by atoms with Gasteiger partial charge in [0.15, 0.2) is 12.4 Å². The molecule has 1 saturated heterocycles. The number of nitrogens with two attached hydrogens (primary N) is 1. The second kappa shape index (κ2) is 4.20. The number of hydrogen-bond donors (Lipinski definition) is 4. The SMILES string of the molecule is COC(=O)[C@H]1OC(O)[C@H](N)[C@@H](O)[C@@H]1O. The zero-order chi connectivity index (χ0) is 10.9. The number of aliphatic hydroxyl groups is 3. The third-order valence-electron chi connectivity index (χ3n) is 2.10. The van der Waals surface area contributed by atoms with Crippen molar-refractivity contribution in [2.45, 2.75) is 30.6 Å². The Labute approximate surface area is 80.0 Å². The van der Waals surface area contributed by atoms with E-state index in [-0.39, 0.29) is 0 Å². The molecule has 0 aromatic heterocycles. The molecule has 1 rings (SSSR count). The summed E-state index contributed by atoms with van der Waals surface area (Å²) in [6.45, 7) is 0. The normalized spacial score (nSPS) is 43.4. The molecule has 7 heteroatoms. The molecule has 0 aromatic carbocycles. The Hall–Kier alpha value is -0.730. The first-order valence-electron chi connectivity index (χ1n) is 4.02. The van der Waals surface area contributed by atoms with Crippen LogP contribution in [-0.2, 0) is 14.3 Å². The lowest BCUT2D eigenvalue weighted by atomic mass is 9.97. The summed E-state index contributed by atoms with van der Waals surface area (Å²) in [5.41, 5.74) is 5.28. The number of methoxy groups -OCH3 is 1. The molecule has 1 aliphatic heterocycles. The standard InChI is InChI=1S/C7H13NO6/c1-13-7(12)5-4(10)3(9)2(8)6(11)14-5/h2-6,9-11H,8H2,1H3/t2-,3-,4+,5+,6?/m1/s1. The molecule has 1 fully saturated rings. The zero-order valence-corrected chi connectivity index (χ0v) is 7.53. The molecule has 82 valence electrons. The van der Waals surface area contributed by atoms with E-state index in [4.69, 9.17) is 10.8 Å². The summed E-state index contributed by atoms with van der Waals surface area (Å²) in [4.78, 5) is 11.0. The second-order valence-electron chi connectivity index (χ2n) is 3.03. The Morgan fingerprint density at radius 3 is 2.43 bits per heavy atom. The van der Waals surface area contributed by atoms with E-state index in [9.17, 15) is 15.0 Å². The van der Waals surface area contributed by atoms with Crippen molar-refractivity contribution in [2.24, 2.45) is 5.73 Å². The number of hydrogen-bond acceptors (Lipinski definition) is 7. The predicted molar refractivity (Wildman–Crippen MR) is 42.9 cm³/mol. The van der Waals surface area contributed by atoms with Crippen LogP contribution in [0.3, 0.4) is 0 Å². The molecular formula is C7H13NO6. The first kappa shape index (κ1) is 11.3. The molecule has 1 aliphatic rings. The monoisotopic (exact) mass is 207 g/mol. The summed E-state index contributed by atoms with van der Waals surface area (Å²) in [7, 11) is 1.10. The summed E-state index contributed by atoms with van der Waals surface area (Å²) < 4.78 is 8.98. The van der Waals surface area contributed by atoms with Crippen LogP contribution in [0, 0.1) is 0 Å². The van der Waals surface area contributed by atoms with E-state index in [1.54, 1.807) is 0 Å². The van der Waals surface area contributed by atoms with Gasteiger partial charge in [-0.1, -0.05) is 0 Å². The van der Waals surface area contributed by atoms with Gasteiger partial charge in [0.25, 0.3) is 0 Å². The second-order valence-corrected chi connectivity index (χ2v) is 3.03. The molecule has 0 aliphatic carbocycles. The molecular weight excluding hydrogens is 194 g/mol. The van der Waals surface area contributed by atoms with Crippen molar-refractivity contribution in [1.29, 1.82) is 0 Å². The van der Waals surface area contributed by atoms with Gasteiger partial charge in [-0.15, -0.1) is 0 Å². The van der Waals surface area contributed by atoms with Crippen LogP contribution in [-0.4, -0.2) is 59.0 Å². The summed E-state index contributed by atoms with van der Waals surface area (Å²) in [6.07, 6.45) is -5.84. The Morgan fingerprint density at radius 2 is 1.93 bits per heavy atom. The van der Waals surface area contributed by atoms with Crippen LogP contribution in [0.15, 0.2) is 0 Å². The van der Waals surface area contributed by atoms with Gasteiger partial charge in [0.05, 0.1) is 13.2 Å². The van der Waals surface area contributed by atoms with Crippen LogP contribution in [0.1, 0.15) is 0 Å². The fourth-order valence-corrected chi connectivity index (χ4v) is 1.21. The number of ether oxygens (including phenoxy) is 2. The Bertz CT molecular complexity index is 222. The van der Waals surface area contributed by atoms with Gasteiger partial charge in [0.2, 0.25) is 0 Å². The summed E-state index contributed by atoms with van der Waals surface area (Å²) in [5.74, 6) is -0.873. The molecule has 14 heavy (non-hydrogen) atoms. The van der Waals surface area contributed by atoms with Gasteiger partial charge in [0.1, 0.15) is 12.2 Å². The number of aliphatic hydroxyl groups excluding tert-OH is 3. The maximum atomic E-state index is 11.0. The Kier molecular flexibility index (Phi) is 3.40. The smallest absolute Gasteiger partial charge is 0.337 e. The van der Waals surface area contributed by atoms with Crippen LogP contribution in [0.5, 0.6) is 0 Å². The van der Waals surface area contributed by atoms with Crippen LogP contribution in [0.25, 0.3) is 0 Å². The summed E-state index contributed by atoms with van der Waals surface area (Å²) in [5, 5.41) is 27.8. The van der Waals surface area contributed by atoms with E-state index in [1.165, 1.54) is 0 Å². The molecule has 0 bridgehead atoms. The highest BCUT2D eigenvalue weighted by atomic mass is 16.6. The van der Waals surface area contributed by atoms with Crippen molar-refractivity contribution in [3.8, 4) is 0 Å². The first-order chi connectivity index (χ1) is 6.49. The van der Waals surface area contributed by atoms with Gasteiger partial charge in [-0.25, -0.2) is 4.79 Å². The fraction of sp³-hybridized carbons (Fsp3) is 0.857. The van der Waals surface area contributed by atoms with Crippen molar-refractivity contribution < 1.29 is 29.6 Å². The van der Waals surface area contributed by atoms with Crippen molar-refractivity contribution in [3.05, 3.63) is 0 Å².